The highest BCUT2D eigenvalue weighted by molar-refractivity contribution is 7.27. The molecule has 13 aromatic rings. The van der Waals surface area contributed by atoms with Gasteiger partial charge in [-0.25, -0.2) is 20.0 Å². The van der Waals surface area contributed by atoms with E-state index in [1.54, 1.807) is 0 Å². The van der Waals surface area contributed by atoms with Crippen LogP contribution in [0.3, 0.4) is 0 Å². The first-order valence-electron chi connectivity index (χ1n) is 29.4. The number of amidine groups is 4. The predicted octanol–water partition coefficient (Wildman–Crippen LogP) is 18.1. The molecular weight excluding hydrogens is 1060 g/mol. The summed E-state index contributed by atoms with van der Waals surface area (Å²) in [7, 11) is 0. The predicted molar refractivity (Wildman–Crippen MR) is 355 cm³/mol. The Morgan fingerprint density at radius 2 is 1.14 bits per heavy atom. The number of thiophene rings is 1. The zero-order valence-electron chi connectivity index (χ0n) is 46.3. The summed E-state index contributed by atoms with van der Waals surface area (Å²) in [4.78, 5) is 22.2. The summed E-state index contributed by atoms with van der Waals surface area (Å²) in [5, 5.41) is 16.3. The molecule has 404 valence electrons. The number of hydrogen-bond acceptors (Lipinski definition) is 7. The molecule has 0 amide bonds. The van der Waals surface area contributed by atoms with Gasteiger partial charge in [-0.1, -0.05) is 200 Å². The van der Waals surface area contributed by atoms with E-state index in [4.69, 9.17) is 20.0 Å². The minimum absolute atomic E-state index is 0.412. The normalized spacial score (nSPS) is 16.7. The number of nitrogens with one attached hydrogen (secondary N) is 2. The van der Waals surface area contributed by atoms with Gasteiger partial charge in [-0.15, -0.1) is 11.3 Å². The molecule has 0 fully saturated rings. The molecule has 4 aliphatic rings. The summed E-state index contributed by atoms with van der Waals surface area (Å²) in [6.45, 7) is 0. The average molecular weight is 1110 g/mol. The first kappa shape index (κ1) is 49.2. The molecule has 0 spiro atoms. The number of aromatic nitrogens is 2. The summed E-state index contributed by atoms with van der Waals surface area (Å²) >= 11 is 1.91. The van der Waals surface area contributed by atoms with Gasteiger partial charge in [0.15, 0.2) is 11.7 Å². The van der Waals surface area contributed by atoms with Crippen LogP contribution in [0.1, 0.15) is 70.7 Å². The fraction of sp³-hybridized carbons (Fsp3) is 0.0789. The molecule has 9 heteroatoms. The Balaban J connectivity index is 0.966. The van der Waals surface area contributed by atoms with Crippen LogP contribution in [0.15, 0.2) is 274 Å². The van der Waals surface area contributed by atoms with Gasteiger partial charge in [0.05, 0.1) is 22.2 Å². The van der Waals surface area contributed by atoms with E-state index in [1.165, 1.54) is 69.4 Å². The fourth-order valence-electron chi connectivity index (χ4n) is 13.4. The van der Waals surface area contributed by atoms with Gasteiger partial charge in [-0.2, -0.15) is 0 Å². The van der Waals surface area contributed by atoms with Gasteiger partial charge in [0.1, 0.15) is 24.0 Å². The summed E-state index contributed by atoms with van der Waals surface area (Å²) in [6.07, 6.45) is 14.0. The SMILES string of the molecule is C1=CCCC(C2=NC(c3cccc(-c4ccccc4)c3)NC(c3ccc(-n4c5c(c6c7sc8ccccc8c7c7c(c8ccccc8n7-c7ccc8ccccc8c7)c64)CCC=C5)c(C4=NC(c5ccccc5)NC(c5ccccc5)=N4)c3)=N2)=C1. The lowest BCUT2D eigenvalue weighted by Gasteiger charge is -2.27. The molecular formula is C76H54N8S. The highest BCUT2D eigenvalue weighted by atomic mass is 32.1. The quantitative estimate of drug-likeness (QED) is 0.151. The number of nitrogens with zero attached hydrogens (tertiary/aromatic N) is 6. The number of aryl methyl sites for hydroxylation is 1. The van der Waals surface area contributed by atoms with E-state index in [2.05, 4.69) is 275 Å². The number of fused-ring (bicyclic) bond motifs is 13. The molecule has 8 nitrogen and oxygen atoms in total. The summed E-state index contributed by atoms with van der Waals surface area (Å²) in [5.41, 5.74) is 16.4. The van der Waals surface area contributed by atoms with Crippen molar-refractivity contribution in [2.45, 2.75) is 38.0 Å². The highest BCUT2D eigenvalue weighted by Gasteiger charge is 2.33. The average Bonchev–Trinajstić information content (AvgIpc) is 1.60. The van der Waals surface area contributed by atoms with Gasteiger partial charge in [-0.3, -0.25) is 0 Å². The first-order valence-corrected chi connectivity index (χ1v) is 30.2. The molecule has 10 aromatic carbocycles. The molecule has 2 N–H and O–H groups in total. The van der Waals surface area contributed by atoms with E-state index in [0.717, 1.165) is 105 Å². The fourth-order valence-corrected chi connectivity index (χ4v) is 14.6. The van der Waals surface area contributed by atoms with Gasteiger partial charge in [0.25, 0.3) is 0 Å². The maximum Gasteiger partial charge on any atom is 0.161 e. The van der Waals surface area contributed by atoms with Crippen molar-refractivity contribution in [3.05, 3.63) is 293 Å². The number of benzene rings is 10. The lowest BCUT2D eigenvalue weighted by atomic mass is 9.97. The van der Waals surface area contributed by atoms with Crippen molar-refractivity contribution >= 4 is 104 Å². The standard InChI is InChI=1S/C76H54N8S/c1-5-22-47(23-6-1)52-32-21-33-54(44-52)74-78-71(49-25-7-2-8-26-49)79-75(80-74)55-41-43-63(60(46-55)76-81-72(50-27-9-3-10-28-50)77-73(82-76)51-29-11-4-12-30-51)84-62-38-19-16-35-58(62)66-69(84)65-57-34-15-18-37-61(57)83(56-42-40-48-24-13-14-31-53(48)45-56)68(65)67-59-36-17-20-39-64(59)85-70(66)67/h1-7,9-15,17-25,27-34,36-46,72,74H,8,16,26,35H2,(H,77,81,82)(H,78,79,80). The monoisotopic (exact) mass is 1110 g/mol. The van der Waals surface area contributed by atoms with E-state index in [1.807, 2.05) is 11.3 Å². The van der Waals surface area contributed by atoms with E-state index < -0.39 is 12.3 Å². The largest absolute Gasteiger partial charge is 0.344 e. The van der Waals surface area contributed by atoms with Crippen LogP contribution in [0.4, 0.5) is 0 Å². The molecule has 3 aromatic heterocycles. The topological polar surface area (TPSA) is 83.4 Å². The molecule has 0 saturated carbocycles. The van der Waals surface area contributed by atoms with Gasteiger partial charge in [0.2, 0.25) is 0 Å². The second-order valence-corrected chi connectivity index (χ2v) is 23.4. The van der Waals surface area contributed by atoms with Gasteiger partial charge >= 0.3 is 0 Å². The Morgan fingerprint density at radius 1 is 0.471 bits per heavy atom. The molecule has 2 aliphatic heterocycles. The Morgan fingerprint density at radius 3 is 1.98 bits per heavy atom. The van der Waals surface area contributed by atoms with Gasteiger partial charge < -0.3 is 19.8 Å². The van der Waals surface area contributed by atoms with Crippen molar-refractivity contribution in [3.8, 4) is 22.5 Å². The van der Waals surface area contributed by atoms with Crippen LogP contribution in [0.5, 0.6) is 0 Å². The molecule has 85 heavy (non-hydrogen) atoms. The first-order chi connectivity index (χ1) is 42.1. The third-order valence-corrected chi connectivity index (χ3v) is 18.5. The third kappa shape index (κ3) is 8.25. The van der Waals surface area contributed by atoms with Crippen molar-refractivity contribution in [2.24, 2.45) is 20.0 Å². The Hall–Kier alpha value is -10.5. The lowest BCUT2D eigenvalue weighted by molar-refractivity contribution is 0.672. The van der Waals surface area contributed by atoms with Crippen molar-refractivity contribution in [1.29, 1.82) is 0 Å². The molecule has 5 heterocycles. The number of allylic oxidation sites excluding steroid dienone is 4. The summed E-state index contributed by atoms with van der Waals surface area (Å²) < 4.78 is 7.68. The van der Waals surface area contributed by atoms with E-state index in [0.29, 0.717) is 5.84 Å². The van der Waals surface area contributed by atoms with Crippen LogP contribution in [0, 0.1) is 0 Å². The zero-order valence-corrected chi connectivity index (χ0v) is 47.1. The smallest absolute Gasteiger partial charge is 0.161 e. The minimum Gasteiger partial charge on any atom is -0.344 e. The van der Waals surface area contributed by atoms with Crippen LogP contribution in [0.25, 0.3) is 92.2 Å². The molecule has 0 bridgehead atoms. The number of rotatable bonds is 9. The van der Waals surface area contributed by atoms with Crippen LogP contribution >= 0.6 is 11.3 Å². The zero-order chi connectivity index (χ0) is 56.0. The molecule has 0 radical (unpaired) electrons. The van der Waals surface area contributed by atoms with Crippen LogP contribution < -0.4 is 10.6 Å². The van der Waals surface area contributed by atoms with Crippen molar-refractivity contribution in [2.75, 3.05) is 0 Å². The Labute approximate surface area is 495 Å². The molecule has 0 saturated heterocycles. The molecule has 2 unspecified atom stereocenters. The van der Waals surface area contributed by atoms with E-state index >= 15 is 0 Å². The minimum atomic E-state index is -0.433. The number of hydrogen-bond donors (Lipinski definition) is 2. The maximum atomic E-state index is 5.68. The number of para-hydroxylation sites is 1. The molecule has 2 atom stereocenters. The lowest BCUT2D eigenvalue weighted by Crippen LogP contribution is -2.35. The van der Waals surface area contributed by atoms with E-state index in [9.17, 15) is 0 Å². The highest BCUT2D eigenvalue weighted by Crippen LogP contribution is 2.52. The Kier molecular flexibility index (Phi) is 11.7. The van der Waals surface area contributed by atoms with Crippen LogP contribution in [-0.4, -0.2) is 32.5 Å². The molecule has 17 rings (SSSR count). The second-order valence-electron chi connectivity index (χ2n) is 22.4. The van der Waals surface area contributed by atoms with E-state index in [-0.39, 0.29) is 0 Å². The van der Waals surface area contributed by atoms with Gasteiger partial charge in [0, 0.05) is 64.4 Å². The van der Waals surface area contributed by atoms with Crippen LogP contribution in [0.2, 0.25) is 0 Å². The van der Waals surface area contributed by atoms with Crippen molar-refractivity contribution < 1.29 is 0 Å². The molecule has 2 aliphatic carbocycles. The number of aliphatic imine (C=N–C) groups is 4. The van der Waals surface area contributed by atoms with Crippen LogP contribution in [-0.2, 0) is 6.42 Å². The van der Waals surface area contributed by atoms with Crippen molar-refractivity contribution in [3.63, 3.8) is 0 Å². The van der Waals surface area contributed by atoms with Gasteiger partial charge in [-0.05, 0) is 124 Å². The third-order valence-electron chi connectivity index (χ3n) is 17.3. The summed E-state index contributed by atoms with van der Waals surface area (Å²) in [6, 6.07) is 80.8. The second kappa shape index (κ2) is 20.2. The maximum absolute atomic E-state index is 5.68. The van der Waals surface area contributed by atoms with Crippen molar-refractivity contribution in [1.82, 2.24) is 19.8 Å². The Bertz CT molecular complexity index is 5130. The summed E-state index contributed by atoms with van der Waals surface area (Å²) in [5.74, 6) is 2.84.